The van der Waals surface area contributed by atoms with Crippen LogP contribution >= 0.6 is 0 Å². The van der Waals surface area contributed by atoms with E-state index >= 15 is 0 Å². The van der Waals surface area contributed by atoms with E-state index in [1.54, 1.807) is 7.11 Å². The van der Waals surface area contributed by atoms with Crippen LogP contribution in [0.2, 0.25) is 0 Å². The molecule has 0 saturated heterocycles. The Morgan fingerprint density at radius 1 is 1.07 bits per heavy atom. The van der Waals surface area contributed by atoms with E-state index in [-0.39, 0.29) is 0 Å². The predicted molar refractivity (Wildman–Crippen MR) is 60.6 cm³/mol. The second-order valence-corrected chi connectivity index (χ2v) is 4.34. The number of hydrogen-bond donors (Lipinski definition) is 0. The monoisotopic (exact) mass is 208 g/mol. The fourth-order valence-corrected chi connectivity index (χ4v) is 2.30. The van der Waals surface area contributed by atoms with E-state index in [2.05, 4.69) is 12.2 Å². The molecule has 0 amide bonds. The first-order valence-corrected chi connectivity index (χ1v) is 5.93. The van der Waals surface area contributed by atoms with Crippen molar-refractivity contribution >= 4 is 0 Å². The molecule has 0 unspecified atom stereocenters. The molecule has 2 aliphatic carbocycles. The largest absolute Gasteiger partial charge is 0.346 e. The third kappa shape index (κ3) is 2.70. The average Bonchev–Trinajstić information content (AvgIpc) is 2.32. The van der Waals surface area contributed by atoms with Crippen molar-refractivity contribution in [2.75, 3.05) is 7.11 Å². The topological polar surface area (TPSA) is 18.5 Å². The Bertz CT molecular complexity index is 237. The number of ether oxygens (including phenoxy) is 2. The first-order valence-electron chi connectivity index (χ1n) is 5.93. The SMILES string of the molecule is COC1(OC2CCCCC2)C=CCC=C1. The highest BCUT2D eigenvalue weighted by Gasteiger charge is 2.30. The van der Waals surface area contributed by atoms with E-state index < -0.39 is 5.79 Å². The van der Waals surface area contributed by atoms with Crippen LogP contribution in [0.5, 0.6) is 0 Å². The zero-order valence-electron chi connectivity index (χ0n) is 9.45. The van der Waals surface area contributed by atoms with Gasteiger partial charge >= 0.3 is 0 Å². The summed E-state index contributed by atoms with van der Waals surface area (Å²) >= 11 is 0. The molecule has 0 heterocycles. The van der Waals surface area contributed by atoms with Gasteiger partial charge in [0.15, 0.2) is 0 Å². The first kappa shape index (κ1) is 10.9. The summed E-state index contributed by atoms with van der Waals surface area (Å²) in [6.45, 7) is 0. The van der Waals surface area contributed by atoms with Gasteiger partial charge in [0.1, 0.15) is 0 Å². The molecule has 1 saturated carbocycles. The molecule has 0 aromatic carbocycles. The van der Waals surface area contributed by atoms with Crippen molar-refractivity contribution in [1.82, 2.24) is 0 Å². The smallest absolute Gasteiger partial charge is 0.207 e. The minimum absolute atomic E-state index is 0.367. The van der Waals surface area contributed by atoms with Crippen molar-refractivity contribution < 1.29 is 9.47 Å². The van der Waals surface area contributed by atoms with Gasteiger partial charge in [-0.1, -0.05) is 31.4 Å². The third-order valence-electron chi connectivity index (χ3n) is 3.19. The molecule has 2 heteroatoms. The van der Waals surface area contributed by atoms with Crippen LogP contribution in [0.15, 0.2) is 24.3 Å². The van der Waals surface area contributed by atoms with Crippen molar-refractivity contribution in [3.05, 3.63) is 24.3 Å². The number of rotatable bonds is 3. The van der Waals surface area contributed by atoms with Gasteiger partial charge in [0.2, 0.25) is 5.79 Å². The highest BCUT2D eigenvalue weighted by Crippen LogP contribution is 2.29. The highest BCUT2D eigenvalue weighted by atomic mass is 16.7. The van der Waals surface area contributed by atoms with Crippen molar-refractivity contribution in [3.63, 3.8) is 0 Å². The Morgan fingerprint density at radius 2 is 1.73 bits per heavy atom. The van der Waals surface area contributed by atoms with Gasteiger partial charge < -0.3 is 9.47 Å². The summed E-state index contributed by atoms with van der Waals surface area (Å²) in [6.07, 6.45) is 15.9. The van der Waals surface area contributed by atoms with E-state index in [1.165, 1.54) is 32.1 Å². The van der Waals surface area contributed by atoms with Gasteiger partial charge in [-0.3, -0.25) is 0 Å². The molecule has 84 valence electrons. The van der Waals surface area contributed by atoms with Crippen LogP contribution in [0.1, 0.15) is 38.5 Å². The molecule has 0 spiro atoms. The lowest BCUT2D eigenvalue weighted by atomic mass is 9.97. The number of methoxy groups -OCH3 is 1. The molecular formula is C13H20O2. The fraction of sp³-hybridized carbons (Fsp3) is 0.692. The first-order chi connectivity index (χ1) is 7.35. The van der Waals surface area contributed by atoms with Crippen molar-refractivity contribution in [1.29, 1.82) is 0 Å². The van der Waals surface area contributed by atoms with Gasteiger partial charge in [-0.15, -0.1) is 0 Å². The van der Waals surface area contributed by atoms with E-state index in [0.29, 0.717) is 6.10 Å². The number of hydrogen-bond acceptors (Lipinski definition) is 2. The molecular weight excluding hydrogens is 188 g/mol. The lowest BCUT2D eigenvalue weighted by Gasteiger charge is -2.34. The summed E-state index contributed by atoms with van der Waals surface area (Å²) in [5.41, 5.74) is 0. The van der Waals surface area contributed by atoms with Crippen LogP contribution in [0, 0.1) is 0 Å². The molecule has 0 aromatic heterocycles. The molecule has 0 aromatic rings. The zero-order chi connectivity index (χ0) is 10.6. The van der Waals surface area contributed by atoms with Gasteiger partial charge in [0, 0.05) is 7.11 Å². The summed E-state index contributed by atoms with van der Waals surface area (Å²) < 4.78 is 11.6. The highest BCUT2D eigenvalue weighted by molar-refractivity contribution is 5.16. The molecule has 1 fully saturated rings. The summed E-state index contributed by atoms with van der Waals surface area (Å²) in [5.74, 6) is -0.583. The van der Waals surface area contributed by atoms with Crippen molar-refractivity contribution in [2.24, 2.45) is 0 Å². The Hall–Kier alpha value is -0.600. The molecule has 2 rings (SSSR count). The van der Waals surface area contributed by atoms with E-state index in [0.717, 1.165) is 6.42 Å². The van der Waals surface area contributed by atoms with E-state index in [9.17, 15) is 0 Å². The lowest BCUT2D eigenvalue weighted by Crippen LogP contribution is -2.36. The van der Waals surface area contributed by atoms with Gasteiger partial charge in [0.05, 0.1) is 6.10 Å². The third-order valence-corrected chi connectivity index (χ3v) is 3.19. The van der Waals surface area contributed by atoms with Crippen molar-refractivity contribution in [2.45, 2.75) is 50.4 Å². The summed E-state index contributed by atoms with van der Waals surface area (Å²) in [4.78, 5) is 0. The Balaban J connectivity index is 1.97. The fourth-order valence-electron chi connectivity index (χ4n) is 2.30. The van der Waals surface area contributed by atoms with E-state index in [1.807, 2.05) is 12.2 Å². The Kier molecular flexibility index (Phi) is 3.60. The molecule has 0 bridgehead atoms. The van der Waals surface area contributed by atoms with Gasteiger partial charge in [0.25, 0.3) is 0 Å². The van der Waals surface area contributed by atoms with Crippen molar-refractivity contribution in [3.8, 4) is 0 Å². The maximum absolute atomic E-state index is 6.07. The lowest BCUT2D eigenvalue weighted by molar-refractivity contribution is -0.189. The van der Waals surface area contributed by atoms with Gasteiger partial charge in [-0.2, -0.15) is 0 Å². The second kappa shape index (κ2) is 4.95. The van der Waals surface area contributed by atoms with Crippen LogP contribution in [0.3, 0.4) is 0 Å². The predicted octanol–water partition coefficient (Wildman–Crippen LogP) is 3.19. The van der Waals surface area contributed by atoms with Crippen LogP contribution in [0.4, 0.5) is 0 Å². The standard InChI is InChI=1S/C13H20O2/c1-14-13(10-6-3-7-11-13)15-12-8-4-2-5-9-12/h6-7,10-12H,2-5,8-9H2,1H3. The van der Waals surface area contributed by atoms with Crippen LogP contribution in [-0.2, 0) is 9.47 Å². The van der Waals surface area contributed by atoms with Crippen LogP contribution in [0.25, 0.3) is 0 Å². The zero-order valence-corrected chi connectivity index (χ0v) is 9.45. The Morgan fingerprint density at radius 3 is 2.33 bits per heavy atom. The van der Waals surface area contributed by atoms with Gasteiger partial charge in [-0.05, 0) is 31.4 Å². The quantitative estimate of drug-likeness (QED) is 0.524. The summed E-state index contributed by atoms with van der Waals surface area (Å²) in [7, 11) is 1.71. The molecule has 2 nitrogen and oxygen atoms in total. The van der Waals surface area contributed by atoms with Crippen LogP contribution < -0.4 is 0 Å². The summed E-state index contributed by atoms with van der Waals surface area (Å²) in [6, 6.07) is 0. The molecule has 0 N–H and O–H groups in total. The summed E-state index contributed by atoms with van der Waals surface area (Å²) in [5, 5.41) is 0. The molecule has 0 radical (unpaired) electrons. The molecule has 0 aliphatic heterocycles. The Labute approximate surface area is 92.0 Å². The second-order valence-electron chi connectivity index (χ2n) is 4.34. The maximum Gasteiger partial charge on any atom is 0.207 e. The minimum Gasteiger partial charge on any atom is -0.346 e. The number of allylic oxidation sites excluding steroid dienone is 2. The molecule has 0 atom stereocenters. The van der Waals surface area contributed by atoms with E-state index in [4.69, 9.17) is 9.47 Å². The molecule has 15 heavy (non-hydrogen) atoms. The average molecular weight is 208 g/mol. The normalized spacial score (nSPS) is 25.7. The molecule has 2 aliphatic rings. The maximum atomic E-state index is 6.07. The van der Waals surface area contributed by atoms with Crippen LogP contribution in [-0.4, -0.2) is 19.0 Å². The minimum atomic E-state index is -0.583. The van der Waals surface area contributed by atoms with Gasteiger partial charge in [-0.25, -0.2) is 0 Å².